The average Bonchev–Trinajstić information content (AvgIpc) is 1.85. The van der Waals surface area contributed by atoms with Crippen molar-refractivity contribution >= 4 is 28.0 Å². The van der Waals surface area contributed by atoms with Crippen LogP contribution in [-0.2, 0) is 13.4 Å². The fraction of sp³-hybridized carbons (Fsp3) is 0.714. The van der Waals surface area contributed by atoms with Gasteiger partial charge in [0.25, 0.3) is 0 Å². The van der Waals surface area contributed by atoms with Crippen LogP contribution in [0.15, 0.2) is 0 Å². The second-order valence-corrected chi connectivity index (χ2v) is 3.05. The van der Waals surface area contributed by atoms with Crippen LogP contribution in [0.1, 0.15) is 20.8 Å². The summed E-state index contributed by atoms with van der Waals surface area (Å²) < 4.78 is 4.29. The van der Waals surface area contributed by atoms with E-state index in [1.807, 2.05) is 0 Å². The highest BCUT2D eigenvalue weighted by Gasteiger charge is 2.27. The maximum absolute atomic E-state index is 10.9. The van der Waals surface area contributed by atoms with Gasteiger partial charge in [0.2, 0.25) is 0 Å². The minimum absolute atomic E-state index is 0.0162. The predicted molar refractivity (Wildman–Crippen MR) is 44.0 cm³/mol. The van der Waals surface area contributed by atoms with Crippen LogP contribution in [0, 0.1) is 11.8 Å². The van der Waals surface area contributed by atoms with Crippen LogP contribution < -0.4 is 0 Å². The smallest absolute Gasteiger partial charge is 0.328 e. The van der Waals surface area contributed by atoms with E-state index in [0.717, 1.165) is 0 Å². The van der Waals surface area contributed by atoms with Gasteiger partial charge in [0.15, 0.2) is 16.3 Å². The van der Waals surface area contributed by atoms with E-state index in [2.05, 4.69) is 20.1 Å². The van der Waals surface area contributed by atoms with E-state index >= 15 is 0 Å². The Morgan fingerprint density at radius 1 is 1.36 bits per heavy atom. The Morgan fingerprint density at radius 2 is 1.82 bits per heavy atom. The molecule has 4 heteroatoms. The molecule has 0 N–H and O–H groups in total. The Bertz CT molecular complexity index is 165. The van der Waals surface area contributed by atoms with Gasteiger partial charge >= 0.3 is 5.97 Å². The SMILES string of the molecule is CC(=O)C(C(=O)OBr)C(C)C. The van der Waals surface area contributed by atoms with Gasteiger partial charge in [-0.05, 0) is 12.8 Å². The summed E-state index contributed by atoms with van der Waals surface area (Å²) in [5.74, 6) is -1.34. The molecular formula is C7H11BrO3. The second kappa shape index (κ2) is 4.49. The summed E-state index contributed by atoms with van der Waals surface area (Å²) >= 11 is 2.55. The van der Waals surface area contributed by atoms with Crippen LogP contribution in [-0.4, -0.2) is 11.8 Å². The molecule has 0 saturated heterocycles. The minimum atomic E-state index is -0.644. The normalized spacial score (nSPS) is 12.8. The van der Waals surface area contributed by atoms with Gasteiger partial charge in [-0.25, -0.2) is 0 Å². The molecule has 11 heavy (non-hydrogen) atoms. The molecule has 1 atom stereocenters. The lowest BCUT2D eigenvalue weighted by molar-refractivity contribution is -0.143. The molecule has 0 aromatic rings. The number of ketones is 1. The standard InChI is InChI=1S/C7H11BrO3/c1-4(2)6(5(3)9)7(10)11-8/h4,6H,1-3H3. The Morgan fingerprint density at radius 3 is 1.91 bits per heavy atom. The van der Waals surface area contributed by atoms with Crippen molar-refractivity contribution in [3.05, 3.63) is 0 Å². The van der Waals surface area contributed by atoms with Crippen LogP contribution in [0.5, 0.6) is 0 Å². The number of Topliss-reactive ketones (excluding diaryl/α,β-unsaturated/α-hetero) is 1. The third kappa shape index (κ3) is 3.01. The quantitative estimate of drug-likeness (QED) is 0.684. The molecule has 0 rings (SSSR count). The third-order valence-electron chi connectivity index (χ3n) is 1.43. The average molecular weight is 223 g/mol. The highest BCUT2D eigenvalue weighted by atomic mass is 79.9. The van der Waals surface area contributed by atoms with Crippen molar-refractivity contribution in [2.75, 3.05) is 0 Å². The molecule has 0 aliphatic rings. The molecule has 0 aromatic heterocycles. The molecule has 1 unspecified atom stereocenters. The fourth-order valence-corrected chi connectivity index (χ4v) is 1.16. The number of halogens is 1. The molecule has 64 valence electrons. The molecule has 0 bridgehead atoms. The van der Waals surface area contributed by atoms with Crippen molar-refractivity contribution < 1.29 is 13.4 Å². The number of carbonyl (C=O) groups is 2. The topological polar surface area (TPSA) is 43.4 Å². The molecule has 0 amide bonds. The summed E-state index contributed by atoms with van der Waals surface area (Å²) in [4.78, 5) is 21.8. The van der Waals surface area contributed by atoms with Crippen molar-refractivity contribution in [1.29, 1.82) is 0 Å². The second-order valence-electron chi connectivity index (χ2n) is 2.73. The van der Waals surface area contributed by atoms with E-state index in [1.165, 1.54) is 6.92 Å². The van der Waals surface area contributed by atoms with Crippen molar-refractivity contribution in [2.45, 2.75) is 20.8 Å². The zero-order valence-corrected chi connectivity index (χ0v) is 8.34. The molecule has 0 saturated carbocycles. The molecule has 0 aliphatic heterocycles. The Labute approximate surface area is 74.6 Å². The van der Waals surface area contributed by atoms with Crippen molar-refractivity contribution in [3.8, 4) is 0 Å². The maximum atomic E-state index is 10.9. The molecule has 3 nitrogen and oxygen atoms in total. The number of hydrogen-bond acceptors (Lipinski definition) is 3. The monoisotopic (exact) mass is 222 g/mol. The highest BCUT2D eigenvalue weighted by molar-refractivity contribution is 9.06. The predicted octanol–water partition coefficient (Wildman–Crippen LogP) is 1.70. The zero-order valence-electron chi connectivity index (χ0n) is 6.76. The third-order valence-corrected chi connectivity index (χ3v) is 1.75. The van der Waals surface area contributed by atoms with Crippen LogP contribution in [0.25, 0.3) is 0 Å². The van der Waals surface area contributed by atoms with E-state index in [9.17, 15) is 9.59 Å². The van der Waals surface area contributed by atoms with E-state index in [0.29, 0.717) is 0 Å². The molecule has 0 spiro atoms. The van der Waals surface area contributed by atoms with Gasteiger partial charge in [0.1, 0.15) is 11.7 Å². The first-order chi connectivity index (χ1) is 5.00. The maximum Gasteiger partial charge on any atom is 0.328 e. The van der Waals surface area contributed by atoms with Gasteiger partial charge in [0.05, 0.1) is 0 Å². The molecular weight excluding hydrogens is 212 g/mol. The number of hydrogen-bond donors (Lipinski definition) is 0. The lowest BCUT2D eigenvalue weighted by atomic mass is 9.93. The van der Waals surface area contributed by atoms with E-state index in [-0.39, 0.29) is 11.7 Å². The molecule has 0 aliphatic carbocycles. The lowest BCUT2D eigenvalue weighted by Crippen LogP contribution is -2.26. The fourth-order valence-electron chi connectivity index (χ4n) is 0.956. The summed E-state index contributed by atoms with van der Waals surface area (Å²) in [6.07, 6.45) is 0. The summed E-state index contributed by atoms with van der Waals surface area (Å²) in [6.45, 7) is 4.99. The molecule has 0 aromatic carbocycles. The summed E-state index contributed by atoms with van der Waals surface area (Å²) in [7, 11) is 0. The van der Waals surface area contributed by atoms with Gasteiger partial charge in [-0.3, -0.25) is 9.59 Å². The van der Waals surface area contributed by atoms with Gasteiger partial charge < -0.3 is 3.83 Å². The first kappa shape index (κ1) is 10.6. The van der Waals surface area contributed by atoms with E-state index < -0.39 is 11.9 Å². The number of rotatable bonds is 3. The van der Waals surface area contributed by atoms with Crippen molar-refractivity contribution in [1.82, 2.24) is 0 Å². The Hall–Kier alpha value is -0.380. The minimum Gasteiger partial charge on any atom is -0.383 e. The molecule has 0 fully saturated rings. The van der Waals surface area contributed by atoms with Crippen LogP contribution in [0.4, 0.5) is 0 Å². The van der Waals surface area contributed by atoms with Gasteiger partial charge in [0, 0.05) is 0 Å². The summed E-state index contributed by atoms with van der Waals surface area (Å²) in [6, 6.07) is 0. The summed E-state index contributed by atoms with van der Waals surface area (Å²) in [5, 5.41) is 0. The van der Waals surface area contributed by atoms with E-state index in [1.54, 1.807) is 13.8 Å². The van der Waals surface area contributed by atoms with Gasteiger partial charge in [-0.15, -0.1) is 0 Å². The van der Waals surface area contributed by atoms with Gasteiger partial charge in [-0.2, -0.15) is 0 Å². The Kier molecular flexibility index (Phi) is 4.33. The van der Waals surface area contributed by atoms with E-state index in [4.69, 9.17) is 0 Å². The van der Waals surface area contributed by atoms with Crippen molar-refractivity contribution in [2.24, 2.45) is 11.8 Å². The van der Waals surface area contributed by atoms with Crippen molar-refractivity contribution in [3.63, 3.8) is 0 Å². The molecule has 0 radical (unpaired) electrons. The van der Waals surface area contributed by atoms with Gasteiger partial charge in [-0.1, -0.05) is 13.8 Å². The first-order valence-corrected chi connectivity index (χ1v) is 3.98. The zero-order chi connectivity index (χ0) is 9.02. The summed E-state index contributed by atoms with van der Waals surface area (Å²) in [5.41, 5.74) is 0. The Balaban J connectivity index is 4.34. The van der Waals surface area contributed by atoms with Crippen LogP contribution in [0.3, 0.4) is 0 Å². The molecule has 0 heterocycles. The first-order valence-electron chi connectivity index (χ1n) is 3.33. The van der Waals surface area contributed by atoms with Crippen LogP contribution >= 0.6 is 16.3 Å². The van der Waals surface area contributed by atoms with Crippen LogP contribution in [0.2, 0.25) is 0 Å². The number of carbonyl (C=O) groups excluding carboxylic acids is 2. The highest BCUT2D eigenvalue weighted by Crippen LogP contribution is 2.14. The lowest BCUT2D eigenvalue weighted by Gasteiger charge is -2.12. The largest absolute Gasteiger partial charge is 0.383 e.